The number of nitrogens with one attached hydrogen (secondary N) is 1. The van der Waals surface area contributed by atoms with E-state index in [4.69, 9.17) is 16.7 Å². The average Bonchev–Trinajstić information content (AvgIpc) is 3.42. The van der Waals surface area contributed by atoms with Gasteiger partial charge in [-0.2, -0.15) is 5.10 Å². The second kappa shape index (κ2) is 8.84. The number of aliphatic hydroxyl groups excluding tert-OH is 2. The first kappa shape index (κ1) is 19.7. The molecular formula is C21H19ClN4O2S. The molecule has 6 nitrogen and oxygen atoms in total. The Morgan fingerprint density at radius 2 is 1.93 bits per heavy atom. The fourth-order valence-corrected chi connectivity index (χ4v) is 4.36. The van der Waals surface area contributed by atoms with Gasteiger partial charge in [-0.25, -0.2) is 4.98 Å². The van der Waals surface area contributed by atoms with Crippen LogP contribution in [0.2, 0.25) is 5.02 Å². The van der Waals surface area contributed by atoms with E-state index in [1.807, 2.05) is 30.3 Å². The summed E-state index contributed by atoms with van der Waals surface area (Å²) >= 11 is 7.52. The van der Waals surface area contributed by atoms with E-state index in [1.165, 1.54) is 17.7 Å². The molecule has 3 aromatic heterocycles. The van der Waals surface area contributed by atoms with E-state index in [-0.39, 0.29) is 6.61 Å². The number of pyridine rings is 1. The maximum absolute atomic E-state index is 11.1. The summed E-state index contributed by atoms with van der Waals surface area (Å²) < 4.78 is 0. The molecule has 3 N–H and O–H groups in total. The second-order valence-corrected chi connectivity index (χ2v) is 8.03. The number of benzene rings is 1. The van der Waals surface area contributed by atoms with Gasteiger partial charge in [-0.3, -0.25) is 10.1 Å². The summed E-state index contributed by atoms with van der Waals surface area (Å²) in [6.45, 7) is 0.137. The van der Waals surface area contributed by atoms with Crippen molar-refractivity contribution in [1.82, 2.24) is 20.2 Å². The molecule has 3 heterocycles. The highest BCUT2D eigenvalue weighted by molar-refractivity contribution is 7.19. The third kappa shape index (κ3) is 4.38. The monoisotopic (exact) mass is 426 g/mol. The fourth-order valence-electron chi connectivity index (χ4n) is 3.10. The van der Waals surface area contributed by atoms with E-state index < -0.39 is 6.10 Å². The first-order chi connectivity index (χ1) is 14.2. The van der Waals surface area contributed by atoms with Crippen molar-refractivity contribution in [3.05, 3.63) is 76.8 Å². The minimum absolute atomic E-state index is 0.137. The van der Waals surface area contributed by atoms with Gasteiger partial charge in [0.1, 0.15) is 12.4 Å². The second-order valence-electron chi connectivity index (χ2n) is 6.55. The van der Waals surface area contributed by atoms with Crippen LogP contribution in [-0.4, -0.2) is 37.0 Å². The van der Waals surface area contributed by atoms with Crippen LogP contribution in [0.4, 0.5) is 0 Å². The van der Waals surface area contributed by atoms with Gasteiger partial charge in [-0.15, -0.1) is 11.3 Å². The Hall–Kier alpha value is -2.58. The van der Waals surface area contributed by atoms with E-state index in [0.717, 1.165) is 32.1 Å². The van der Waals surface area contributed by atoms with Crippen molar-refractivity contribution in [3.63, 3.8) is 0 Å². The highest BCUT2D eigenvalue weighted by Crippen LogP contribution is 2.41. The predicted octanol–water partition coefficient (Wildman–Crippen LogP) is 4.26. The molecule has 1 atom stereocenters. The molecule has 0 aliphatic carbocycles. The van der Waals surface area contributed by atoms with Gasteiger partial charge in [0.25, 0.3) is 0 Å². The quantitative estimate of drug-likeness (QED) is 0.410. The molecule has 148 valence electrons. The van der Waals surface area contributed by atoms with Crippen molar-refractivity contribution < 1.29 is 10.2 Å². The van der Waals surface area contributed by atoms with Gasteiger partial charge in [-0.1, -0.05) is 23.7 Å². The molecule has 29 heavy (non-hydrogen) atoms. The van der Waals surface area contributed by atoms with E-state index in [9.17, 15) is 5.11 Å². The van der Waals surface area contributed by atoms with Crippen LogP contribution < -0.4 is 0 Å². The molecule has 1 unspecified atom stereocenters. The molecule has 4 rings (SSSR count). The number of aryl methyl sites for hydroxylation is 1. The Morgan fingerprint density at radius 3 is 2.66 bits per heavy atom. The normalized spacial score (nSPS) is 12.2. The number of halogens is 1. The number of hydrogen-bond acceptors (Lipinski definition) is 6. The van der Waals surface area contributed by atoms with Gasteiger partial charge in [0.2, 0.25) is 0 Å². The van der Waals surface area contributed by atoms with Crippen molar-refractivity contribution in [2.75, 3.05) is 6.61 Å². The highest BCUT2D eigenvalue weighted by Gasteiger charge is 2.22. The van der Waals surface area contributed by atoms with Gasteiger partial charge in [0.15, 0.2) is 5.82 Å². The SMILES string of the molecule is OCCCc1cc(-c2cc(C(O)c3ccc(Cl)cc3)c(-c3ncn[nH]3)s2)ccn1. The Bertz CT molecular complexity index is 1080. The molecule has 4 aromatic rings. The summed E-state index contributed by atoms with van der Waals surface area (Å²) in [5, 5.41) is 27.6. The van der Waals surface area contributed by atoms with Crippen molar-refractivity contribution in [3.8, 4) is 21.1 Å². The summed E-state index contributed by atoms with van der Waals surface area (Å²) in [5.41, 5.74) is 3.43. The molecule has 0 fully saturated rings. The summed E-state index contributed by atoms with van der Waals surface area (Å²) in [7, 11) is 0. The topological polar surface area (TPSA) is 94.9 Å². The first-order valence-corrected chi connectivity index (χ1v) is 10.3. The van der Waals surface area contributed by atoms with Crippen LogP contribution in [0, 0.1) is 0 Å². The van der Waals surface area contributed by atoms with Crippen LogP contribution >= 0.6 is 22.9 Å². The molecule has 0 radical (unpaired) electrons. The van der Waals surface area contributed by atoms with Crippen LogP contribution in [0.25, 0.3) is 21.1 Å². The van der Waals surface area contributed by atoms with Crippen LogP contribution in [0.15, 0.2) is 55.0 Å². The predicted molar refractivity (Wildman–Crippen MR) is 114 cm³/mol. The smallest absolute Gasteiger partial charge is 0.165 e. The maximum atomic E-state index is 11.1. The minimum atomic E-state index is -0.826. The molecule has 8 heteroatoms. The number of aliphatic hydroxyl groups is 2. The number of nitrogens with zero attached hydrogens (tertiary/aromatic N) is 3. The zero-order chi connectivity index (χ0) is 20.2. The molecule has 0 aliphatic heterocycles. The van der Waals surface area contributed by atoms with Gasteiger partial charge in [0.05, 0.1) is 4.88 Å². The van der Waals surface area contributed by atoms with E-state index in [1.54, 1.807) is 18.3 Å². The number of aromatic amines is 1. The summed E-state index contributed by atoms with van der Waals surface area (Å²) in [6.07, 6.45) is 3.78. The van der Waals surface area contributed by atoms with E-state index in [0.29, 0.717) is 23.7 Å². The molecule has 0 saturated carbocycles. The van der Waals surface area contributed by atoms with Crippen molar-refractivity contribution in [2.24, 2.45) is 0 Å². The molecule has 0 spiro atoms. The van der Waals surface area contributed by atoms with Gasteiger partial charge in [0, 0.05) is 34.0 Å². The van der Waals surface area contributed by atoms with Crippen LogP contribution in [0.3, 0.4) is 0 Å². The lowest BCUT2D eigenvalue weighted by Gasteiger charge is -2.11. The average molecular weight is 427 g/mol. The highest BCUT2D eigenvalue weighted by atomic mass is 35.5. The lowest BCUT2D eigenvalue weighted by atomic mass is 10.0. The minimum Gasteiger partial charge on any atom is -0.396 e. The molecular weight excluding hydrogens is 408 g/mol. The standard InChI is InChI=1S/C21H19ClN4O2S/c22-15-5-3-13(4-6-15)19(28)17-11-18(29-20(17)21-24-12-25-26-21)14-7-8-23-16(10-14)2-1-9-27/h3-8,10-12,19,27-28H,1-2,9H2,(H,24,25,26). The number of hydrogen-bond donors (Lipinski definition) is 3. The molecule has 1 aromatic carbocycles. The van der Waals surface area contributed by atoms with Crippen molar-refractivity contribution >= 4 is 22.9 Å². The molecule has 0 amide bonds. The maximum Gasteiger partial charge on any atom is 0.165 e. The van der Waals surface area contributed by atoms with Crippen molar-refractivity contribution in [2.45, 2.75) is 18.9 Å². The largest absolute Gasteiger partial charge is 0.396 e. The third-order valence-electron chi connectivity index (χ3n) is 4.56. The van der Waals surface area contributed by atoms with Crippen molar-refractivity contribution in [1.29, 1.82) is 0 Å². The Kier molecular flexibility index (Phi) is 6.01. The zero-order valence-corrected chi connectivity index (χ0v) is 17.0. The van der Waals surface area contributed by atoms with Crippen LogP contribution in [0.1, 0.15) is 29.3 Å². The number of rotatable bonds is 7. The van der Waals surface area contributed by atoms with E-state index >= 15 is 0 Å². The Balaban J connectivity index is 1.75. The van der Waals surface area contributed by atoms with Gasteiger partial charge >= 0.3 is 0 Å². The zero-order valence-electron chi connectivity index (χ0n) is 15.4. The van der Waals surface area contributed by atoms with Crippen LogP contribution in [0.5, 0.6) is 0 Å². The summed E-state index contributed by atoms with van der Waals surface area (Å²) in [6, 6.07) is 13.1. The molecule has 0 saturated heterocycles. The molecule has 0 bridgehead atoms. The number of aromatic nitrogens is 4. The Morgan fingerprint density at radius 1 is 1.10 bits per heavy atom. The van der Waals surface area contributed by atoms with E-state index in [2.05, 4.69) is 20.2 Å². The first-order valence-electron chi connectivity index (χ1n) is 9.15. The lowest BCUT2D eigenvalue weighted by Crippen LogP contribution is -2.00. The van der Waals surface area contributed by atoms with Gasteiger partial charge < -0.3 is 10.2 Å². The summed E-state index contributed by atoms with van der Waals surface area (Å²) in [5.74, 6) is 0.610. The van der Waals surface area contributed by atoms with Crippen LogP contribution in [-0.2, 0) is 6.42 Å². The summed E-state index contributed by atoms with van der Waals surface area (Å²) in [4.78, 5) is 10.5. The lowest BCUT2D eigenvalue weighted by molar-refractivity contribution is 0.221. The van der Waals surface area contributed by atoms with Gasteiger partial charge in [-0.05, 0) is 54.3 Å². The Labute approximate surface area is 176 Å². The third-order valence-corrected chi connectivity index (χ3v) is 6.02. The molecule has 0 aliphatic rings. The fraction of sp³-hybridized carbons (Fsp3) is 0.190. The number of H-pyrrole nitrogens is 1. The number of thiophene rings is 1.